The van der Waals surface area contributed by atoms with Crippen LogP contribution in [-0.2, 0) is 6.42 Å². The molecular weight excluding hydrogens is 233 g/mol. The van der Waals surface area contributed by atoms with Gasteiger partial charge in [-0.2, -0.15) is 0 Å². The van der Waals surface area contributed by atoms with E-state index in [9.17, 15) is 8.63 Å². The zero-order valence-corrected chi connectivity index (χ0v) is 10.3. The van der Waals surface area contributed by atoms with Gasteiger partial charge in [-0.1, -0.05) is 13.3 Å². The van der Waals surface area contributed by atoms with Crippen molar-refractivity contribution in [3.63, 3.8) is 0 Å². The molecule has 0 fully saturated rings. The second-order valence-electron chi connectivity index (χ2n) is 4.80. The van der Waals surface area contributed by atoms with Crippen molar-refractivity contribution >= 4 is 19.3 Å². The van der Waals surface area contributed by atoms with E-state index in [4.69, 9.17) is 0 Å². The van der Waals surface area contributed by atoms with E-state index in [1.807, 2.05) is 12.1 Å². The lowest BCUT2D eigenvalue weighted by atomic mass is 9.91. The van der Waals surface area contributed by atoms with Crippen molar-refractivity contribution in [2.75, 3.05) is 0 Å². The molecule has 2 aliphatic heterocycles. The van der Waals surface area contributed by atoms with Crippen LogP contribution >= 0.6 is 0 Å². The summed E-state index contributed by atoms with van der Waals surface area (Å²) in [7, 11) is 0. The molecule has 94 valence electrons. The Morgan fingerprint density at radius 3 is 2.94 bits per heavy atom. The zero-order chi connectivity index (χ0) is 12.8. The number of allylic oxidation sites excluding steroid dienone is 2. The van der Waals surface area contributed by atoms with Crippen LogP contribution in [0.3, 0.4) is 0 Å². The highest BCUT2D eigenvalue weighted by Crippen LogP contribution is 2.31. The number of halogens is 2. The van der Waals surface area contributed by atoms with Gasteiger partial charge in [0.1, 0.15) is 6.21 Å². The molecule has 0 radical (unpaired) electrons. The Bertz CT molecular complexity index is 582. The first-order valence-electron chi connectivity index (χ1n) is 6.39. The third-order valence-corrected chi connectivity index (χ3v) is 3.57. The van der Waals surface area contributed by atoms with Crippen LogP contribution in [0.25, 0.3) is 6.08 Å². The Morgan fingerprint density at radius 1 is 1.33 bits per heavy atom. The van der Waals surface area contributed by atoms with E-state index in [-0.39, 0.29) is 0 Å². The number of aryl methyl sites for hydroxylation is 1. The standard InChI is InChI=1S/C13H15BF2N2/c1-2-3-5-11-7-8-13-10-12-6-4-9-17(12)14(15,16)18(11)13/h4,6-10H,2-3,5H2,1H3. The van der Waals surface area contributed by atoms with Gasteiger partial charge in [-0.3, -0.25) is 0 Å². The highest BCUT2D eigenvalue weighted by Gasteiger charge is 2.50. The summed E-state index contributed by atoms with van der Waals surface area (Å²) in [6.07, 6.45) is 9.31. The Kier molecular flexibility index (Phi) is 2.50. The minimum Gasteiger partial charge on any atom is -0.394 e. The van der Waals surface area contributed by atoms with E-state index >= 15 is 0 Å². The maximum absolute atomic E-state index is 14.5. The fourth-order valence-electron chi connectivity index (χ4n) is 2.65. The van der Waals surface area contributed by atoms with Crippen LogP contribution in [0.2, 0.25) is 0 Å². The Morgan fingerprint density at radius 2 is 2.17 bits per heavy atom. The van der Waals surface area contributed by atoms with E-state index in [2.05, 4.69) is 6.92 Å². The van der Waals surface area contributed by atoms with Crippen molar-refractivity contribution < 1.29 is 13.1 Å². The van der Waals surface area contributed by atoms with E-state index in [0.717, 1.165) is 23.0 Å². The molecule has 1 aromatic rings. The SMILES string of the molecule is CCCCc1ccc2n1[B-](F)(F)[N+]1=CC=CC1=C2. The number of unbranched alkanes of at least 4 members (excludes halogenated alkanes) is 1. The number of hydrogen-bond donors (Lipinski definition) is 0. The lowest BCUT2D eigenvalue weighted by molar-refractivity contribution is -0.355. The molecule has 3 rings (SSSR count). The first kappa shape index (κ1) is 11.4. The molecule has 0 spiro atoms. The maximum atomic E-state index is 14.5. The monoisotopic (exact) mass is 248 g/mol. The largest absolute Gasteiger partial charge is 0.737 e. The van der Waals surface area contributed by atoms with Crippen molar-refractivity contribution in [3.8, 4) is 0 Å². The third kappa shape index (κ3) is 1.50. The van der Waals surface area contributed by atoms with Gasteiger partial charge >= 0.3 is 6.97 Å². The molecule has 0 saturated carbocycles. The highest BCUT2D eigenvalue weighted by molar-refractivity contribution is 6.57. The van der Waals surface area contributed by atoms with Gasteiger partial charge in [0.05, 0.1) is 0 Å². The van der Waals surface area contributed by atoms with Gasteiger partial charge in [0, 0.05) is 23.9 Å². The van der Waals surface area contributed by atoms with Crippen LogP contribution in [0.5, 0.6) is 0 Å². The molecule has 0 amide bonds. The Labute approximate surface area is 105 Å². The summed E-state index contributed by atoms with van der Waals surface area (Å²) in [4.78, 5) is 0. The molecular formula is C13H15BF2N2. The predicted molar refractivity (Wildman–Crippen MR) is 69.9 cm³/mol. The van der Waals surface area contributed by atoms with Gasteiger partial charge in [0.15, 0.2) is 5.70 Å². The minimum atomic E-state index is -3.73. The summed E-state index contributed by atoms with van der Waals surface area (Å²) in [5.41, 5.74) is 1.91. The summed E-state index contributed by atoms with van der Waals surface area (Å²) in [6.45, 7) is -1.66. The smallest absolute Gasteiger partial charge is 0.394 e. The van der Waals surface area contributed by atoms with Crippen molar-refractivity contribution in [1.82, 2.24) is 4.48 Å². The molecule has 0 aromatic carbocycles. The van der Waals surface area contributed by atoms with Crippen LogP contribution in [-0.4, -0.2) is 22.1 Å². The van der Waals surface area contributed by atoms with Crippen molar-refractivity contribution in [2.45, 2.75) is 26.2 Å². The normalized spacial score (nSPS) is 19.3. The fraction of sp³-hybridized carbons (Fsp3) is 0.308. The number of aromatic nitrogens is 1. The van der Waals surface area contributed by atoms with Crippen LogP contribution in [0, 0.1) is 0 Å². The summed E-state index contributed by atoms with van der Waals surface area (Å²) >= 11 is 0. The summed E-state index contributed by atoms with van der Waals surface area (Å²) in [5, 5.41) is 0. The number of nitrogens with zero attached hydrogens (tertiary/aromatic N) is 2. The molecule has 1 aromatic heterocycles. The van der Waals surface area contributed by atoms with Gasteiger partial charge in [-0.05, 0) is 30.7 Å². The number of hydrogen-bond acceptors (Lipinski definition) is 0. The van der Waals surface area contributed by atoms with Crippen LogP contribution < -0.4 is 0 Å². The second-order valence-corrected chi connectivity index (χ2v) is 4.80. The van der Waals surface area contributed by atoms with Crippen molar-refractivity contribution in [1.29, 1.82) is 0 Å². The van der Waals surface area contributed by atoms with E-state index in [1.165, 1.54) is 10.7 Å². The molecule has 3 heterocycles. The van der Waals surface area contributed by atoms with E-state index in [1.54, 1.807) is 18.2 Å². The highest BCUT2D eigenvalue weighted by atomic mass is 19.2. The first-order valence-corrected chi connectivity index (χ1v) is 6.39. The van der Waals surface area contributed by atoms with Crippen molar-refractivity contribution in [3.05, 3.63) is 41.4 Å². The molecule has 0 saturated heterocycles. The van der Waals surface area contributed by atoms with Crippen molar-refractivity contribution in [2.24, 2.45) is 0 Å². The van der Waals surface area contributed by atoms with Crippen LogP contribution in [0.4, 0.5) is 8.63 Å². The van der Waals surface area contributed by atoms with Crippen LogP contribution in [0.15, 0.2) is 30.0 Å². The maximum Gasteiger partial charge on any atom is 0.737 e. The number of fused-ring (bicyclic) bond motifs is 2. The molecule has 0 unspecified atom stereocenters. The topological polar surface area (TPSA) is 7.94 Å². The molecule has 2 aliphatic rings. The average Bonchev–Trinajstić information content (AvgIpc) is 2.93. The summed E-state index contributed by atoms with van der Waals surface area (Å²) < 4.78 is 31.3. The van der Waals surface area contributed by atoms with Gasteiger partial charge in [-0.25, -0.2) is 0 Å². The second kappa shape index (κ2) is 3.94. The summed E-state index contributed by atoms with van der Waals surface area (Å²) in [5.74, 6) is 0. The molecule has 18 heavy (non-hydrogen) atoms. The van der Waals surface area contributed by atoms with Gasteiger partial charge < -0.3 is 17.6 Å². The lowest BCUT2D eigenvalue weighted by Gasteiger charge is -2.29. The minimum absolute atomic E-state index is 0.577. The average molecular weight is 248 g/mol. The fourth-order valence-corrected chi connectivity index (χ4v) is 2.65. The van der Waals surface area contributed by atoms with E-state index in [0.29, 0.717) is 17.8 Å². The van der Waals surface area contributed by atoms with Gasteiger partial charge in [0.2, 0.25) is 0 Å². The third-order valence-electron chi connectivity index (χ3n) is 3.57. The molecule has 0 bridgehead atoms. The predicted octanol–water partition coefficient (Wildman–Crippen LogP) is 3.06. The molecule has 0 atom stereocenters. The first-order chi connectivity index (χ1) is 8.64. The molecule has 5 heteroatoms. The Hall–Kier alpha value is -1.65. The molecule has 0 N–H and O–H groups in total. The Balaban J connectivity index is 2.10. The number of rotatable bonds is 3. The molecule has 2 nitrogen and oxygen atoms in total. The zero-order valence-electron chi connectivity index (χ0n) is 10.3. The van der Waals surface area contributed by atoms with E-state index < -0.39 is 6.97 Å². The van der Waals surface area contributed by atoms with Crippen LogP contribution in [0.1, 0.15) is 31.2 Å². The van der Waals surface area contributed by atoms with Gasteiger partial charge in [-0.15, -0.1) is 0 Å². The summed E-state index contributed by atoms with van der Waals surface area (Å²) in [6, 6.07) is 3.61. The molecule has 0 aliphatic carbocycles. The van der Waals surface area contributed by atoms with Gasteiger partial charge in [0.25, 0.3) is 0 Å². The lowest BCUT2D eigenvalue weighted by Crippen LogP contribution is -2.49. The quantitative estimate of drug-likeness (QED) is 0.726.